The largest absolute Gasteiger partial charge is 0.347 e. The molecular formula is C12H13BrN2OS. The van der Waals surface area contributed by atoms with Gasteiger partial charge >= 0.3 is 0 Å². The van der Waals surface area contributed by atoms with Crippen molar-refractivity contribution in [2.45, 2.75) is 6.54 Å². The highest BCUT2D eigenvalue weighted by Gasteiger charge is 2.14. The molecule has 0 aliphatic carbocycles. The molecule has 0 radical (unpaired) electrons. The first-order valence-corrected chi connectivity index (χ1v) is 6.85. The predicted molar refractivity (Wildman–Crippen MR) is 73.2 cm³/mol. The van der Waals surface area contributed by atoms with Crippen LogP contribution in [0, 0.1) is 0 Å². The van der Waals surface area contributed by atoms with Crippen LogP contribution in [0.1, 0.15) is 16.1 Å². The monoisotopic (exact) mass is 312 g/mol. The smallest absolute Gasteiger partial charge is 0.270 e. The summed E-state index contributed by atoms with van der Waals surface area (Å²) in [4.78, 5) is 13.9. The van der Waals surface area contributed by atoms with Gasteiger partial charge in [0.15, 0.2) is 0 Å². The molecule has 0 aliphatic heterocycles. The molecule has 3 nitrogen and oxygen atoms in total. The summed E-state index contributed by atoms with van der Waals surface area (Å²) in [6.07, 6.45) is 1.88. The Morgan fingerprint density at radius 3 is 2.88 bits per heavy atom. The Kier molecular flexibility index (Phi) is 3.69. The zero-order valence-electron chi connectivity index (χ0n) is 9.68. The van der Waals surface area contributed by atoms with E-state index in [1.807, 2.05) is 43.1 Å². The van der Waals surface area contributed by atoms with Gasteiger partial charge < -0.3 is 9.47 Å². The number of halogens is 1. The Morgan fingerprint density at radius 2 is 2.35 bits per heavy atom. The van der Waals surface area contributed by atoms with E-state index in [1.54, 1.807) is 16.2 Å². The first-order chi connectivity index (χ1) is 8.08. The highest BCUT2D eigenvalue weighted by molar-refractivity contribution is 9.11. The summed E-state index contributed by atoms with van der Waals surface area (Å²) < 4.78 is 2.93. The van der Waals surface area contributed by atoms with E-state index in [0.717, 1.165) is 9.35 Å². The van der Waals surface area contributed by atoms with Gasteiger partial charge in [-0.2, -0.15) is 0 Å². The number of hydrogen-bond acceptors (Lipinski definition) is 2. The van der Waals surface area contributed by atoms with Crippen LogP contribution in [0.5, 0.6) is 0 Å². The van der Waals surface area contributed by atoms with E-state index in [4.69, 9.17) is 0 Å². The number of aryl methyl sites for hydroxylation is 1. The van der Waals surface area contributed by atoms with Gasteiger partial charge in [0.2, 0.25) is 0 Å². The van der Waals surface area contributed by atoms with Crippen LogP contribution >= 0.6 is 27.3 Å². The first kappa shape index (κ1) is 12.4. The fraction of sp³-hybridized carbons (Fsp3) is 0.250. The molecule has 1 amide bonds. The summed E-state index contributed by atoms with van der Waals surface area (Å²) in [7, 11) is 3.70. The maximum absolute atomic E-state index is 12.1. The van der Waals surface area contributed by atoms with Crippen molar-refractivity contribution in [2.75, 3.05) is 7.05 Å². The van der Waals surface area contributed by atoms with Crippen molar-refractivity contribution >= 4 is 33.2 Å². The fourth-order valence-corrected chi connectivity index (χ4v) is 2.85. The van der Waals surface area contributed by atoms with Crippen LogP contribution in [-0.4, -0.2) is 22.4 Å². The van der Waals surface area contributed by atoms with E-state index >= 15 is 0 Å². The third-order valence-corrected chi connectivity index (χ3v) is 4.10. The van der Waals surface area contributed by atoms with Gasteiger partial charge in [-0.15, -0.1) is 11.3 Å². The zero-order chi connectivity index (χ0) is 12.4. The minimum Gasteiger partial charge on any atom is -0.347 e. The van der Waals surface area contributed by atoms with Gasteiger partial charge in [0.1, 0.15) is 5.69 Å². The van der Waals surface area contributed by atoms with Crippen LogP contribution < -0.4 is 0 Å². The second kappa shape index (κ2) is 5.06. The highest BCUT2D eigenvalue weighted by Crippen LogP contribution is 2.21. The molecule has 0 saturated carbocycles. The Labute approximate surface area is 113 Å². The topological polar surface area (TPSA) is 25.2 Å². The number of nitrogens with zero attached hydrogens (tertiary/aromatic N) is 2. The van der Waals surface area contributed by atoms with Crippen LogP contribution in [0.15, 0.2) is 33.6 Å². The summed E-state index contributed by atoms with van der Waals surface area (Å²) in [5.41, 5.74) is 1.86. The number of amides is 1. The average molecular weight is 313 g/mol. The summed E-state index contributed by atoms with van der Waals surface area (Å²) in [6.45, 7) is 0.631. The fourth-order valence-electron chi connectivity index (χ4n) is 1.65. The Morgan fingerprint density at radius 1 is 1.59 bits per heavy atom. The van der Waals surface area contributed by atoms with Gasteiger partial charge in [0.05, 0.1) is 3.79 Å². The maximum atomic E-state index is 12.1. The van der Waals surface area contributed by atoms with Crippen molar-refractivity contribution in [1.82, 2.24) is 9.47 Å². The number of hydrogen-bond donors (Lipinski definition) is 0. The highest BCUT2D eigenvalue weighted by atomic mass is 79.9. The molecule has 2 aromatic rings. The molecule has 2 heterocycles. The maximum Gasteiger partial charge on any atom is 0.270 e. The molecule has 0 spiro atoms. The van der Waals surface area contributed by atoms with Gasteiger partial charge in [-0.1, -0.05) is 0 Å². The zero-order valence-corrected chi connectivity index (χ0v) is 12.1. The minimum atomic E-state index is 0.0415. The van der Waals surface area contributed by atoms with Crippen molar-refractivity contribution in [3.63, 3.8) is 0 Å². The second-order valence-electron chi connectivity index (χ2n) is 3.92. The SMILES string of the molecule is CN(Cc1csc(Br)c1)C(=O)c1cccn1C. The Bertz CT molecular complexity index is 532. The molecule has 5 heteroatoms. The quantitative estimate of drug-likeness (QED) is 0.855. The number of aromatic nitrogens is 1. The van der Waals surface area contributed by atoms with E-state index < -0.39 is 0 Å². The summed E-state index contributed by atoms with van der Waals surface area (Å²) in [5.74, 6) is 0.0415. The number of rotatable bonds is 3. The molecule has 0 saturated heterocycles. The number of carbonyl (C=O) groups is 1. The molecule has 90 valence electrons. The second-order valence-corrected chi connectivity index (χ2v) is 6.22. The lowest BCUT2D eigenvalue weighted by Gasteiger charge is -2.16. The first-order valence-electron chi connectivity index (χ1n) is 5.17. The van der Waals surface area contributed by atoms with Crippen molar-refractivity contribution < 1.29 is 4.79 Å². The summed E-state index contributed by atoms with van der Waals surface area (Å²) in [6, 6.07) is 5.75. The van der Waals surface area contributed by atoms with Gasteiger partial charge in [-0.05, 0) is 45.1 Å². The van der Waals surface area contributed by atoms with E-state index in [-0.39, 0.29) is 5.91 Å². The molecule has 0 N–H and O–H groups in total. The van der Waals surface area contributed by atoms with Crippen LogP contribution in [0.25, 0.3) is 0 Å². The lowest BCUT2D eigenvalue weighted by atomic mass is 10.3. The third kappa shape index (κ3) is 2.79. The van der Waals surface area contributed by atoms with E-state index in [1.165, 1.54) is 0 Å². The molecular weight excluding hydrogens is 300 g/mol. The van der Waals surface area contributed by atoms with Gasteiger partial charge in [0.25, 0.3) is 5.91 Å². The van der Waals surface area contributed by atoms with E-state index in [2.05, 4.69) is 21.3 Å². The van der Waals surface area contributed by atoms with Gasteiger partial charge in [-0.25, -0.2) is 0 Å². The number of thiophene rings is 1. The van der Waals surface area contributed by atoms with Gasteiger partial charge in [0, 0.05) is 26.8 Å². The van der Waals surface area contributed by atoms with Crippen molar-refractivity contribution in [1.29, 1.82) is 0 Å². The summed E-state index contributed by atoms with van der Waals surface area (Å²) >= 11 is 5.05. The molecule has 0 aromatic carbocycles. The predicted octanol–water partition coefficient (Wildman–Crippen LogP) is 3.12. The van der Waals surface area contributed by atoms with E-state index in [0.29, 0.717) is 12.2 Å². The van der Waals surface area contributed by atoms with Crippen molar-refractivity contribution in [2.24, 2.45) is 7.05 Å². The molecule has 0 aliphatic rings. The molecule has 17 heavy (non-hydrogen) atoms. The van der Waals surface area contributed by atoms with Crippen LogP contribution in [0.4, 0.5) is 0 Å². The lowest BCUT2D eigenvalue weighted by Crippen LogP contribution is -2.27. The van der Waals surface area contributed by atoms with E-state index in [9.17, 15) is 4.79 Å². The molecule has 2 aromatic heterocycles. The Balaban J connectivity index is 2.08. The van der Waals surface area contributed by atoms with Crippen molar-refractivity contribution in [3.8, 4) is 0 Å². The summed E-state index contributed by atoms with van der Waals surface area (Å²) in [5, 5.41) is 2.05. The molecule has 0 unspecified atom stereocenters. The van der Waals surface area contributed by atoms with Crippen LogP contribution in [0.3, 0.4) is 0 Å². The molecule has 0 bridgehead atoms. The van der Waals surface area contributed by atoms with Gasteiger partial charge in [-0.3, -0.25) is 4.79 Å². The van der Waals surface area contributed by atoms with Crippen molar-refractivity contribution in [3.05, 3.63) is 44.8 Å². The molecule has 0 atom stereocenters. The van der Waals surface area contributed by atoms with Crippen LogP contribution in [-0.2, 0) is 13.6 Å². The Hall–Kier alpha value is -1.07. The third-order valence-electron chi connectivity index (χ3n) is 2.55. The normalized spacial score (nSPS) is 10.5. The number of carbonyl (C=O) groups excluding carboxylic acids is 1. The molecule has 0 fully saturated rings. The molecule has 2 rings (SSSR count). The average Bonchev–Trinajstić information content (AvgIpc) is 2.86. The lowest BCUT2D eigenvalue weighted by molar-refractivity contribution is 0.0776. The van der Waals surface area contributed by atoms with Crippen LogP contribution in [0.2, 0.25) is 0 Å². The minimum absolute atomic E-state index is 0.0415. The standard InChI is InChI=1S/C12H13BrN2OS/c1-14-5-3-4-10(14)12(16)15(2)7-9-6-11(13)17-8-9/h3-6,8H,7H2,1-2H3.